The van der Waals surface area contributed by atoms with E-state index in [2.05, 4.69) is 34.3 Å². The lowest BCUT2D eigenvalue weighted by molar-refractivity contribution is 0.316. The molecule has 0 saturated carbocycles. The highest BCUT2D eigenvalue weighted by Crippen LogP contribution is 2.01. The highest BCUT2D eigenvalue weighted by Gasteiger charge is 1.98. The molecule has 1 aromatic rings. The second kappa shape index (κ2) is 6.19. The molecule has 0 fully saturated rings. The summed E-state index contributed by atoms with van der Waals surface area (Å²) >= 11 is 0. The Morgan fingerprint density at radius 2 is 2.00 bits per heavy atom. The lowest BCUT2D eigenvalue weighted by Crippen LogP contribution is -2.28. The van der Waals surface area contributed by atoms with Gasteiger partial charge in [-0.25, -0.2) is 0 Å². The van der Waals surface area contributed by atoms with Crippen LogP contribution in [0.2, 0.25) is 0 Å². The van der Waals surface area contributed by atoms with Crippen LogP contribution in [0, 0.1) is 0 Å². The summed E-state index contributed by atoms with van der Waals surface area (Å²) in [7, 11) is 0. The van der Waals surface area contributed by atoms with Crippen molar-refractivity contribution in [1.29, 1.82) is 0 Å². The van der Waals surface area contributed by atoms with E-state index >= 15 is 0 Å². The van der Waals surface area contributed by atoms with Crippen LogP contribution in [0.3, 0.4) is 0 Å². The molecule has 0 bridgehead atoms. The molecular weight excluding hydrogens is 190 g/mol. The van der Waals surface area contributed by atoms with Crippen LogP contribution in [0.15, 0.2) is 12.1 Å². The molecule has 5 heteroatoms. The van der Waals surface area contributed by atoms with Crippen LogP contribution in [-0.2, 0) is 0 Å². The van der Waals surface area contributed by atoms with E-state index in [4.69, 9.17) is 5.73 Å². The zero-order valence-electron chi connectivity index (χ0n) is 9.40. The molecule has 15 heavy (non-hydrogen) atoms. The zero-order chi connectivity index (χ0) is 11.1. The van der Waals surface area contributed by atoms with Gasteiger partial charge in [0, 0.05) is 13.1 Å². The number of aromatic nitrogens is 2. The van der Waals surface area contributed by atoms with E-state index in [0.717, 1.165) is 32.0 Å². The van der Waals surface area contributed by atoms with Crippen LogP contribution in [0.4, 0.5) is 11.6 Å². The number of nitrogens with zero attached hydrogens (tertiary/aromatic N) is 3. The molecule has 84 valence electrons. The standard InChI is InChI=1S/C10H19N5/c1-3-15(4-2)8-7-12-10-6-5-9(11)13-14-10/h5-6H,3-4,7-8H2,1-2H3,(H2,11,13)(H,12,14). The van der Waals surface area contributed by atoms with Gasteiger partial charge in [-0.1, -0.05) is 13.8 Å². The molecule has 0 unspecified atom stereocenters. The maximum absolute atomic E-state index is 5.44. The van der Waals surface area contributed by atoms with E-state index in [1.807, 2.05) is 6.07 Å². The molecule has 0 spiro atoms. The Balaban J connectivity index is 2.28. The Morgan fingerprint density at radius 1 is 1.27 bits per heavy atom. The van der Waals surface area contributed by atoms with Crippen LogP contribution >= 0.6 is 0 Å². The van der Waals surface area contributed by atoms with Gasteiger partial charge in [0.15, 0.2) is 0 Å². The number of hydrogen-bond acceptors (Lipinski definition) is 5. The van der Waals surface area contributed by atoms with E-state index in [0.29, 0.717) is 5.82 Å². The maximum atomic E-state index is 5.44. The first-order valence-electron chi connectivity index (χ1n) is 5.31. The Kier molecular flexibility index (Phi) is 4.83. The van der Waals surface area contributed by atoms with Crippen molar-refractivity contribution in [1.82, 2.24) is 15.1 Å². The fourth-order valence-corrected chi connectivity index (χ4v) is 1.32. The Bertz CT molecular complexity index is 268. The third kappa shape index (κ3) is 4.12. The largest absolute Gasteiger partial charge is 0.382 e. The molecule has 0 amide bonds. The average Bonchev–Trinajstić information content (AvgIpc) is 2.27. The molecule has 0 saturated heterocycles. The van der Waals surface area contributed by atoms with Gasteiger partial charge in [0.1, 0.15) is 11.6 Å². The van der Waals surface area contributed by atoms with E-state index < -0.39 is 0 Å². The molecule has 3 N–H and O–H groups in total. The maximum Gasteiger partial charge on any atom is 0.148 e. The average molecular weight is 209 g/mol. The Labute approximate surface area is 90.7 Å². The third-order valence-corrected chi connectivity index (χ3v) is 2.31. The smallest absolute Gasteiger partial charge is 0.148 e. The number of nitrogens with one attached hydrogen (secondary N) is 1. The van der Waals surface area contributed by atoms with Crippen LogP contribution in [0.1, 0.15) is 13.8 Å². The Morgan fingerprint density at radius 3 is 2.53 bits per heavy atom. The molecule has 0 atom stereocenters. The molecular formula is C10H19N5. The molecule has 0 aliphatic heterocycles. The first kappa shape index (κ1) is 11.7. The van der Waals surface area contributed by atoms with Gasteiger partial charge in [-0.05, 0) is 25.2 Å². The minimum atomic E-state index is 0.448. The monoisotopic (exact) mass is 209 g/mol. The van der Waals surface area contributed by atoms with Crippen molar-refractivity contribution in [3.63, 3.8) is 0 Å². The van der Waals surface area contributed by atoms with Crippen molar-refractivity contribution in [3.05, 3.63) is 12.1 Å². The van der Waals surface area contributed by atoms with Crippen molar-refractivity contribution in [2.75, 3.05) is 37.2 Å². The van der Waals surface area contributed by atoms with Gasteiger partial charge < -0.3 is 16.0 Å². The summed E-state index contributed by atoms with van der Waals surface area (Å²) in [6.07, 6.45) is 0. The van der Waals surface area contributed by atoms with Crippen molar-refractivity contribution >= 4 is 11.6 Å². The quantitative estimate of drug-likeness (QED) is 0.726. The van der Waals surface area contributed by atoms with E-state index in [9.17, 15) is 0 Å². The van der Waals surface area contributed by atoms with Gasteiger partial charge in [-0.15, -0.1) is 10.2 Å². The molecule has 1 aromatic heterocycles. The summed E-state index contributed by atoms with van der Waals surface area (Å²) in [6, 6.07) is 3.58. The molecule has 1 heterocycles. The summed E-state index contributed by atoms with van der Waals surface area (Å²) in [4.78, 5) is 2.34. The van der Waals surface area contributed by atoms with Crippen LogP contribution in [0.25, 0.3) is 0 Å². The van der Waals surface area contributed by atoms with Crippen LogP contribution in [0.5, 0.6) is 0 Å². The van der Waals surface area contributed by atoms with Gasteiger partial charge in [0.2, 0.25) is 0 Å². The van der Waals surface area contributed by atoms with Crippen molar-refractivity contribution < 1.29 is 0 Å². The number of nitrogens with two attached hydrogens (primary N) is 1. The Hall–Kier alpha value is -1.36. The molecule has 0 radical (unpaired) electrons. The summed E-state index contributed by atoms with van der Waals surface area (Å²) in [5, 5.41) is 10.9. The number of hydrogen-bond donors (Lipinski definition) is 2. The van der Waals surface area contributed by atoms with Gasteiger partial charge in [0.25, 0.3) is 0 Å². The zero-order valence-corrected chi connectivity index (χ0v) is 9.40. The SMILES string of the molecule is CCN(CC)CCNc1ccc(N)nn1. The second-order valence-electron chi connectivity index (χ2n) is 3.30. The number of nitrogen functional groups attached to an aromatic ring is 1. The number of anilines is 2. The summed E-state index contributed by atoms with van der Waals surface area (Å²) < 4.78 is 0. The normalized spacial score (nSPS) is 10.6. The highest BCUT2D eigenvalue weighted by atomic mass is 15.2. The molecule has 0 aliphatic carbocycles. The van der Waals surface area contributed by atoms with E-state index in [1.54, 1.807) is 6.07 Å². The fourth-order valence-electron chi connectivity index (χ4n) is 1.32. The summed E-state index contributed by atoms with van der Waals surface area (Å²) in [6.45, 7) is 8.36. The summed E-state index contributed by atoms with van der Waals surface area (Å²) in [5.74, 6) is 1.22. The predicted octanol–water partition coefficient (Wildman–Crippen LogP) is 0.812. The summed E-state index contributed by atoms with van der Waals surface area (Å²) in [5.41, 5.74) is 5.44. The first-order valence-corrected chi connectivity index (χ1v) is 5.31. The lowest BCUT2D eigenvalue weighted by atomic mass is 10.4. The number of likely N-dealkylation sites (N-methyl/N-ethyl adjacent to an activating group) is 1. The lowest BCUT2D eigenvalue weighted by Gasteiger charge is -2.17. The predicted molar refractivity (Wildman–Crippen MR) is 62.7 cm³/mol. The molecule has 0 aromatic carbocycles. The first-order chi connectivity index (χ1) is 7.26. The van der Waals surface area contributed by atoms with Gasteiger partial charge in [-0.3, -0.25) is 0 Å². The van der Waals surface area contributed by atoms with Crippen LogP contribution < -0.4 is 11.1 Å². The van der Waals surface area contributed by atoms with E-state index in [-0.39, 0.29) is 0 Å². The minimum absolute atomic E-state index is 0.448. The van der Waals surface area contributed by atoms with E-state index in [1.165, 1.54) is 0 Å². The van der Waals surface area contributed by atoms with Crippen LogP contribution in [-0.4, -0.2) is 41.3 Å². The highest BCUT2D eigenvalue weighted by molar-refractivity contribution is 5.38. The van der Waals surface area contributed by atoms with Gasteiger partial charge in [-0.2, -0.15) is 0 Å². The minimum Gasteiger partial charge on any atom is -0.382 e. The van der Waals surface area contributed by atoms with Crippen molar-refractivity contribution in [2.45, 2.75) is 13.8 Å². The fraction of sp³-hybridized carbons (Fsp3) is 0.600. The molecule has 5 nitrogen and oxygen atoms in total. The number of rotatable bonds is 6. The van der Waals surface area contributed by atoms with Crippen molar-refractivity contribution in [2.24, 2.45) is 0 Å². The van der Waals surface area contributed by atoms with Crippen molar-refractivity contribution in [3.8, 4) is 0 Å². The molecule has 0 aliphatic rings. The topological polar surface area (TPSA) is 67.1 Å². The van der Waals surface area contributed by atoms with Gasteiger partial charge >= 0.3 is 0 Å². The van der Waals surface area contributed by atoms with Gasteiger partial charge in [0.05, 0.1) is 0 Å². The third-order valence-electron chi connectivity index (χ3n) is 2.31. The molecule has 1 rings (SSSR count). The second-order valence-corrected chi connectivity index (χ2v) is 3.30.